The molecule has 2 atom stereocenters. The third kappa shape index (κ3) is 2.95. The number of aromatic nitrogens is 3. The molecule has 4 N–H and O–H groups in total. The zero-order valence-electron chi connectivity index (χ0n) is 18.9. The van der Waals surface area contributed by atoms with Crippen LogP contribution in [-0.4, -0.2) is 46.8 Å². The van der Waals surface area contributed by atoms with Crippen molar-refractivity contribution in [1.29, 1.82) is 0 Å². The molecule has 3 aliphatic rings. The number of ether oxygens (including phenoxy) is 1. The van der Waals surface area contributed by atoms with E-state index in [1.165, 1.54) is 11.6 Å². The fourth-order valence-electron chi connectivity index (χ4n) is 5.16. The molecule has 3 aromatic rings. The largest absolute Gasteiger partial charge is 0.423 e. The Balaban J connectivity index is 1.51. The SMILES string of the molecule is CCC1=C(C)N=CC(Oc2nc3c4c(n2)[nH]c2c(NC)cc(F)c(c24)CC2C(N)CN32)=CC1. The Kier molecular flexibility index (Phi) is 4.45. The summed E-state index contributed by atoms with van der Waals surface area (Å²) in [6, 6.07) is 1.71. The highest BCUT2D eigenvalue weighted by Gasteiger charge is 2.42. The van der Waals surface area contributed by atoms with E-state index in [-0.39, 0.29) is 23.9 Å². The molecule has 0 aliphatic carbocycles. The first-order valence-corrected chi connectivity index (χ1v) is 11.3. The lowest BCUT2D eigenvalue weighted by atomic mass is 9.91. The third-order valence-electron chi connectivity index (χ3n) is 7.08. The average molecular weight is 448 g/mol. The van der Waals surface area contributed by atoms with Gasteiger partial charge in [0.15, 0.2) is 0 Å². The van der Waals surface area contributed by atoms with E-state index >= 15 is 4.39 Å². The van der Waals surface area contributed by atoms with Crippen LogP contribution in [0.1, 0.15) is 32.3 Å². The fourth-order valence-corrected chi connectivity index (χ4v) is 5.16. The summed E-state index contributed by atoms with van der Waals surface area (Å²) in [6.07, 6.45) is 5.96. The number of hydrogen-bond acceptors (Lipinski definition) is 7. The molecular formula is C24H26FN7O. The van der Waals surface area contributed by atoms with Crippen molar-refractivity contribution in [3.63, 3.8) is 0 Å². The summed E-state index contributed by atoms with van der Waals surface area (Å²) in [7, 11) is 1.78. The van der Waals surface area contributed by atoms with Gasteiger partial charge in [-0.05, 0) is 43.9 Å². The topological polar surface area (TPSA) is 104 Å². The van der Waals surface area contributed by atoms with Gasteiger partial charge in [-0.3, -0.25) is 4.99 Å². The van der Waals surface area contributed by atoms with Gasteiger partial charge in [0.1, 0.15) is 23.0 Å². The van der Waals surface area contributed by atoms with Gasteiger partial charge in [0.2, 0.25) is 0 Å². The second-order valence-corrected chi connectivity index (χ2v) is 8.86. The van der Waals surface area contributed by atoms with Crippen LogP contribution in [0.2, 0.25) is 0 Å². The van der Waals surface area contributed by atoms with E-state index in [0.717, 1.165) is 40.6 Å². The fraction of sp³-hybridized carbons (Fsp3) is 0.375. The molecule has 5 heterocycles. The minimum Gasteiger partial charge on any atom is -0.423 e. The molecule has 170 valence electrons. The Hall–Kier alpha value is -3.46. The minimum atomic E-state index is -0.241. The van der Waals surface area contributed by atoms with Gasteiger partial charge in [0, 0.05) is 36.3 Å². The number of aromatic amines is 1. The van der Waals surface area contributed by atoms with E-state index in [4.69, 9.17) is 15.5 Å². The van der Waals surface area contributed by atoms with Gasteiger partial charge in [0.05, 0.1) is 28.8 Å². The van der Waals surface area contributed by atoms with Crippen LogP contribution in [0.4, 0.5) is 15.9 Å². The number of nitrogens with zero attached hydrogens (tertiary/aromatic N) is 4. The summed E-state index contributed by atoms with van der Waals surface area (Å²) in [4.78, 5) is 19.5. The predicted molar refractivity (Wildman–Crippen MR) is 129 cm³/mol. The zero-order valence-corrected chi connectivity index (χ0v) is 18.9. The molecule has 8 nitrogen and oxygen atoms in total. The quantitative estimate of drug-likeness (QED) is 0.562. The van der Waals surface area contributed by atoms with E-state index in [1.54, 1.807) is 13.3 Å². The van der Waals surface area contributed by atoms with Crippen LogP contribution in [0.25, 0.3) is 21.9 Å². The lowest BCUT2D eigenvalue weighted by Crippen LogP contribution is -2.65. The van der Waals surface area contributed by atoms with Crippen LogP contribution in [-0.2, 0) is 6.42 Å². The smallest absolute Gasteiger partial charge is 0.326 e. The average Bonchev–Trinajstić information content (AvgIpc) is 3.02. The number of fused-ring (bicyclic) bond motifs is 2. The van der Waals surface area contributed by atoms with Crippen molar-refractivity contribution in [2.75, 3.05) is 23.8 Å². The first-order valence-electron chi connectivity index (χ1n) is 11.3. The number of H-pyrrole nitrogens is 1. The summed E-state index contributed by atoms with van der Waals surface area (Å²) in [6.45, 7) is 4.79. The molecule has 0 bridgehead atoms. The highest BCUT2D eigenvalue weighted by molar-refractivity contribution is 6.16. The molecule has 2 aromatic heterocycles. The Labute approximate surface area is 190 Å². The molecule has 3 aliphatic heterocycles. The van der Waals surface area contributed by atoms with Crippen molar-refractivity contribution in [2.45, 2.75) is 45.2 Å². The van der Waals surface area contributed by atoms with Gasteiger partial charge in [-0.2, -0.15) is 9.97 Å². The van der Waals surface area contributed by atoms with Crippen LogP contribution in [0.3, 0.4) is 0 Å². The van der Waals surface area contributed by atoms with E-state index in [1.807, 2.05) is 13.0 Å². The van der Waals surface area contributed by atoms with Crippen molar-refractivity contribution < 1.29 is 9.13 Å². The lowest BCUT2D eigenvalue weighted by molar-refractivity contribution is 0.369. The molecule has 1 fully saturated rings. The van der Waals surface area contributed by atoms with Crippen molar-refractivity contribution in [1.82, 2.24) is 15.0 Å². The number of nitrogens with one attached hydrogen (secondary N) is 2. The van der Waals surface area contributed by atoms with Gasteiger partial charge >= 0.3 is 6.01 Å². The number of anilines is 2. The number of allylic oxidation sites excluding steroid dienone is 4. The Morgan fingerprint density at radius 3 is 2.94 bits per heavy atom. The molecular weight excluding hydrogens is 421 g/mol. The highest BCUT2D eigenvalue weighted by Crippen LogP contribution is 2.45. The summed E-state index contributed by atoms with van der Waals surface area (Å²) >= 11 is 0. The van der Waals surface area contributed by atoms with Crippen molar-refractivity contribution in [3.05, 3.63) is 40.6 Å². The standard InChI is InChI=1S/C24H26FN7O/c1-4-12-5-6-13(9-28-11(12)2)33-24-30-22-20-19-14(15(25)8-17(27-3)21(19)29-22)7-18-16(26)10-32(18)23(20)31-24/h6,8-9,16,18,27H,4-5,7,10,26H2,1-3H3,(H,29,30,31). The van der Waals surface area contributed by atoms with Crippen molar-refractivity contribution >= 4 is 39.7 Å². The third-order valence-corrected chi connectivity index (χ3v) is 7.08. The summed E-state index contributed by atoms with van der Waals surface area (Å²) in [5, 5.41) is 4.72. The van der Waals surface area contributed by atoms with Gasteiger partial charge in [0.25, 0.3) is 0 Å². The van der Waals surface area contributed by atoms with E-state index in [0.29, 0.717) is 35.6 Å². The number of hydrogen-bond donors (Lipinski definition) is 3. The first kappa shape index (κ1) is 20.2. The maximum atomic E-state index is 15.1. The molecule has 0 radical (unpaired) electrons. The monoisotopic (exact) mass is 447 g/mol. The lowest BCUT2D eigenvalue weighted by Gasteiger charge is -2.46. The van der Waals surface area contributed by atoms with Crippen LogP contribution >= 0.6 is 0 Å². The second-order valence-electron chi connectivity index (χ2n) is 8.86. The van der Waals surface area contributed by atoms with Crippen LogP contribution in [0, 0.1) is 5.82 Å². The maximum Gasteiger partial charge on any atom is 0.326 e. The Morgan fingerprint density at radius 1 is 1.33 bits per heavy atom. The molecule has 1 aromatic carbocycles. The van der Waals surface area contributed by atoms with Crippen molar-refractivity contribution in [2.24, 2.45) is 10.7 Å². The number of aliphatic imine (C=N–C) groups is 1. The minimum absolute atomic E-state index is 0.0147. The molecule has 9 heteroatoms. The highest BCUT2D eigenvalue weighted by atomic mass is 19.1. The van der Waals surface area contributed by atoms with Crippen LogP contribution in [0.5, 0.6) is 6.01 Å². The maximum absolute atomic E-state index is 15.1. The van der Waals surface area contributed by atoms with Crippen LogP contribution in [0.15, 0.2) is 34.2 Å². The van der Waals surface area contributed by atoms with E-state index in [9.17, 15) is 0 Å². The molecule has 0 spiro atoms. The van der Waals surface area contributed by atoms with Crippen molar-refractivity contribution in [3.8, 4) is 6.01 Å². The van der Waals surface area contributed by atoms with Gasteiger partial charge in [-0.25, -0.2) is 4.39 Å². The molecule has 0 amide bonds. The second kappa shape index (κ2) is 7.28. The van der Waals surface area contributed by atoms with E-state index < -0.39 is 0 Å². The van der Waals surface area contributed by atoms with Gasteiger partial charge in [-0.15, -0.1) is 0 Å². The summed E-state index contributed by atoms with van der Waals surface area (Å²) in [5.41, 5.74) is 11.4. The summed E-state index contributed by atoms with van der Waals surface area (Å²) in [5.74, 6) is 1.09. The molecule has 0 saturated carbocycles. The van der Waals surface area contributed by atoms with Crippen LogP contribution < -0.4 is 20.7 Å². The number of benzene rings is 1. The molecule has 2 unspecified atom stereocenters. The number of rotatable bonds is 4. The molecule has 1 saturated heterocycles. The number of nitrogens with two attached hydrogens (primary N) is 1. The first-order chi connectivity index (χ1) is 16.0. The van der Waals surface area contributed by atoms with Gasteiger partial charge in [-0.1, -0.05) is 6.92 Å². The Morgan fingerprint density at radius 2 is 2.18 bits per heavy atom. The van der Waals surface area contributed by atoms with E-state index in [2.05, 4.69) is 32.1 Å². The number of halogens is 1. The van der Waals surface area contributed by atoms with Gasteiger partial charge < -0.3 is 25.7 Å². The Bertz CT molecular complexity index is 1400. The molecule has 6 rings (SSSR count). The summed E-state index contributed by atoms with van der Waals surface area (Å²) < 4.78 is 21.2. The molecule has 33 heavy (non-hydrogen) atoms. The zero-order chi connectivity index (χ0) is 22.9. The normalized spacial score (nSPS) is 21.7. The predicted octanol–water partition coefficient (Wildman–Crippen LogP) is 3.79.